The molecule has 0 spiro atoms. The predicted molar refractivity (Wildman–Crippen MR) is 99.2 cm³/mol. The Balaban J connectivity index is 1.96. The maximum absolute atomic E-state index is 13.0. The van der Waals surface area contributed by atoms with Crippen molar-refractivity contribution in [2.75, 3.05) is 13.1 Å². The number of nitrogens with zero attached hydrogens (tertiary/aromatic N) is 1. The summed E-state index contributed by atoms with van der Waals surface area (Å²) >= 11 is 12.6. The molecule has 1 aromatic carbocycles. The highest BCUT2D eigenvalue weighted by atomic mass is 35.5. The number of benzene rings is 1. The Morgan fingerprint density at radius 3 is 2.33 bits per heavy atom. The lowest BCUT2D eigenvalue weighted by Gasteiger charge is -2.34. The first-order valence-corrected chi connectivity index (χ1v) is 9.73. The van der Waals surface area contributed by atoms with Crippen molar-refractivity contribution in [3.63, 3.8) is 0 Å². The van der Waals surface area contributed by atoms with Gasteiger partial charge in [-0.2, -0.15) is 0 Å². The van der Waals surface area contributed by atoms with E-state index in [0.717, 1.165) is 0 Å². The summed E-state index contributed by atoms with van der Waals surface area (Å²) in [5.41, 5.74) is 1.78. The molecule has 4 nitrogen and oxygen atoms in total. The first kappa shape index (κ1) is 17.5. The van der Waals surface area contributed by atoms with Crippen molar-refractivity contribution in [1.29, 1.82) is 0 Å². The van der Waals surface area contributed by atoms with Gasteiger partial charge in [0.15, 0.2) is 0 Å². The fourth-order valence-electron chi connectivity index (χ4n) is 3.07. The van der Waals surface area contributed by atoms with Gasteiger partial charge in [0, 0.05) is 61.8 Å². The molecule has 0 aliphatic carbocycles. The molecule has 2 aromatic rings. The van der Waals surface area contributed by atoms with Gasteiger partial charge >= 0.3 is 0 Å². The van der Waals surface area contributed by atoms with Crippen LogP contribution in [0.2, 0.25) is 10.0 Å². The van der Waals surface area contributed by atoms with Crippen LogP contribution in [0.1, 0.15) is 24.3 Å². The zero-order chi connectivity index (χ0) is 17.4. The topological polar surface area (TPSA) is 53.2 Å². The van der Waals surface area contributed by atoms with E-state index < -0.39 is 10.8 Å². The van der Waals surface area contributed by atoms with Crippen LogP contribution in [0.4, 0.5) is 0 Å². The number of nitrogens with one attached hydrogen (secondary N) is 1. The third-order valence-electron chi connectivity index (χ3n) is 4.23. The molecule has 2 unspecified atom stereocenters. The summed E-state index contributed by atoms with van der Waals surface area (Å²) in [4.78, 5) is 17.7. The van der Waals surface area contributed by atoms with Gasteiger partial charge in [0.1, 0.15) is 5.69 Å². The van der Waals surface area contributed by atoms with E-state index in [1.807, 2.05) is 13.8 Å². The van der Waals surface area contributed by atoms with E-state index in [0.29, 0.717) is 40.0 Å². The average Bonchev–Trinajstić information content (AvgIpc) is 3.00. The number of H-pyrrole nitrogens is 1. The number of aromatic nitrogens is 1. The lowest BCUT2D eigenvalue weighted by atomic mass is 10.0. The molecule has 2 atom stereocenters. The van der Waals surface area contributed by atoms with Crippen LogP contribution in [0, 0.1) is 0 Å². The van der Waals surface area contributed by atoms with Crippen LogP contribution in [0.25, 0.3) is 11.1 Å². The van der Waals surface area contributed by atoms with E-state index in [1.165, 1.54) is 0 Å². The molecule has 1 saturated heterocycles. The second-order valence-corrected chi connectivity index (χ2v) is 9.10. The first-order valence-electron chi connectivity index (χ1n) is 7.70. The van der Waals surface area contributed by atoms with Crippen molar-refractivity contribution >= 4 is 39.9 Å². The molecule has 3 rings (SSSR count). The van der Waals surface area contributed by atoms with Gasteiger partial charge in [-0.05, 0) is 32.0 Å². The third-order valence-corrected chi connectivity index (χ3v) is 6.74. The molecular formula is C17H18Cl2N2O2S. The Hall–Kier alpha value is -1.30. The maximum Gasteiger partial charge on any atom is 0.270 e. The Bertz CT molecular complexity index is 771. The fourth-order valence-corrected chi connectivity index (χ4v) is 5.12. The molecule has 0 bridgehead atoms. The van der Waals surface area contributed by atoms with Gasteiger partial charge in [-0.1, -0.05) is 29.3 Å². The summed E-state index contributed by atoms with van der Waals surface area (Å²) in [6.45, 7) is 4.77. The van der Waals surface area contributed by atoms with Crippen LogP contribution in [0.15, 0.2) is 30.5 Å². The van der Waals surface area contributed by atoms with Crippen LogP contribution in [-0.2, 0) is 10.8 Å². The lowest BCUT2D eigenvalue weighted by Crippen LogP contribution is -2.49. The predicted octanol–water partition coefficient (Wildman–Crippen LogP) is 3.97. The Morgan fingerprint density at radius 2 is 1.75 bits per heavy atom. The Morgan fingerprint density at radius 1 is 1.17 bits per heavy atom. The lowest BCUT2D eigenvalue weighted by molar-refractivity contribution is 0.0747. The summed E-state index contributed by atoms with van der Waals surface area (Å²) < 4.78 is 12.1. The monoisotopic (exact) mass is 384 g/mol. The van der Waals surface area contributed by atoms with Crippen molar-refractivity contribution in [1.82, 2.24) is 9.88 Å². The molecule has 1 fully saturated rings. The molecule has 1 amide bonds. The number of carbonyl (C=O) groups excluding carboxylic acids is 1. The summed E-state index contributed by atoms with van der Waals surface area (Å²) in [7, 11) is -0.909. The molecule has 24 heavy (non-hydrogen) atoms. The minimum Gasteiger partial charge on any atom is -0.357 e. The molecule has 128 valence electrons. The largest absolute Gasteiger partial charge is 0.357 e. The van der Waals surface area contributed by atoms with Crippen molar-refractivity contribution in [3.05, 3.63) is 46.2 Å². The first-order chi connectivity index (χ1) is 11.4. The number of halogens is 2. The van der Waals surface area contributed by atoms with Crippen LogP contribution in [0.5, 0.6) is 0 Å². The standard InChI is InChI=1S/C17H18Cl2N2O2S/c1-10-8-21(9-11(2)24(10)23)17(22)16-12(6-7-20-16)15-13(18)4-3-5-14(15)19/h3-7,10-11,20H,8-9H2,1-2H3. The fraction of sp³-hybridized carbons (Fsp3) is 0.353. The van der Waals surface area contributed by atoms with Crippen LogP contribution >= 0.6 is 23.2 Å². The number of carbonyl (C=O) groups is 1. The molecule has 1 aromatic heterocycles. The summed E-state index contributed by atoms with van der Waals surface area (Å²) in [5, 5.41) is 0.912. The minimum atomic E-state index is -0.909. The van der Waals surface area contributed by atoms with E-state index in [1.54, 1.807) is 35.4 Å². The highest BCUT2D eigenvalue weighted by Crippen LogP contribution is 2.36. The van der Waals surface area contributed by atoms with Gasteiger partial charge in [0.2, 0.25) is 0 Å². The second-order valence-electron chi connectivity index (χ2n) is 6.02. The molecule has 0 radical (unpaired) electrons. The Kier molecular flexibility index (Phi) is 5.04. The van der Waals surface area contributed by atoms with Gasteiger partial charge in [-0.3, -0.25) is 9.00 Å². The van der Waals surface area contributed by atoms with Gasteiger partial charge in [0.05, 0.1) is 0 Å². The number of amides is 1. The minimum absolute atomic E-state index is 0.0417. The van der Waals surface area contributed by atoms with Gasteiger partial charge in [-0.25, -0.2) is 0 Å². The average molecular weight is 385 g/mol. The highest BCUT2D eigenvalue weighted by molar-refractivity contribution is 7.86. The molecule has 2 heterocycles. The molecule has 1 N–H and O–H groups in total. The smallest absolute Gasteiger partial charge is 0.270 e. The van der Waals surface area contributed by atoms with E-state index in [9.17, 15) is 9.00 Å². The number of hydrogen-bond donors (Lipinski definition) is 1. The third kappa shape index (κ3) is 3.13. The van der Waals surface area contributed by atoms with E-state index >= 15 is 0 Å². The van der Waals surface area contributed by atoms with Crippen LogP contribution < -0.4 is 0 Å². The van der Waals surface area contributed by atoms with Crippen LogP contribution in [-0.4, -0.2) is 43.6 Å². The SMILES string of the molecule is CC1CN(C(=O)c2[nH]ccc2-c2c(Cl)cccc2Cl)CC(C)S1=O. The number of rotatable bonds is 2. The zero-order valence-corrected chi connectivity index (χ0v) is 15.7. The zero-order valence-electron chi connectivity index (χ0n) is 13.4. The molecular weight excluding hydrogens is 367 g/mol. The van der Waals surface area contributed by atoms with Gasteiger partial charge in [-0.15, -0.1) is 0 Å². The van der Waals surface area contributed by atoms with E-state index in [-0.39, 0.29) is 16.4 Å². The van der Waals surface area contributed by atoms with E-state index in [2.05, 4.69) is 4.98 Å². The quantitative estimate of drug-likeness (QED) is 0.851. The maximum atomic E-state index is 13.0. The molecule has 1 aliphatic heterocycles. The Labute approximate surface area is 153 Å². The van der Waals surface area contributed by atoms with Crippen molar-refractivity contribution < 1.29 is 9.00 Å². The van der Waals surface area contributed by atoms with E-state index in [4.69, 9.17) is 23.2 Å². The molecule has 1 aliphatic rings. The number of hydrogen-bond acceptors (Lipinski definition) is 2. The van der Waals surface area contributed by atoms with Gasteiger partial charge < -0.3 is 9.88 Å². The summed E-state index contributed by atoms with van der Waals surface area (Å²) in [6, 6.07) is 7.07. The van der Waals surface area contributed by atoms with Crippen LogP contribution in [0.3, 0.4) is 0 Å². The number of aromatic amines is 1. The molecule has 0 saturated carbocycles. The van der Waals surface area contributed by atoms with Crippen molar-refractivity contribution in [2.45, 2.75) is 24.3 Å². The second kappa shape index (κ2) is 6.90. The van der Waals surface area contributed by atoms with Gasteiger partial charge in [0.25, 0.3) is 5.91 Å². The highest BCUT2D eigenvalue weighted by Gasteiger charge is 2.33. The summed E-state index contributed by atoms with van der Waals surface area (Å²) in [6.07, 6.45) is 1.71. The normalized spacial score (nSPS) is 24.2. The summed E-state index contributed by atoms with van der Waals surface area (Å²) in [5.74, 6) is -0.124. The van der Waals surface area contributed by atoms with Crippen molar-refractivity contribution in [2.24, 2.45) is 0 Å². The molecule has 7 heteroatoms. The van der Waals surface area contributed by atoms with Crippen molar-refractivity contribution in [3.8, 4) is 11.1 Å².